The average molecular weight is 571 g/mol. The summed E-state index contributed by atoms with van der Waals surface area (Å²) in [5.74, 6) is 0.798. The van der Waals surface area contributed by atoms with Crippen LogP contribution in [0.2, 0.25) is 0 Å². The molecule has 0 radical (unpaired) electrons. The standard InChI is InChI=1S/C34H34O8/c1-24(8-6-22-39-27-18-14-25(15-19-27)33(37)41-31-12-4-2-10-29(31)35)9-7-23-40-28-20-16-26(17-21-28)34(38)42-32-13-5-3-11-30(32)36/h2-5,10-21,24,35-36H,6-9,22-23H2,1H3. The van der Waals surface area contributed by atoms with E-state index in [4.69, 9.17) is 18.9 Å². The van der Waals surface area contributed by atoms with Crippen molar-refractivity contribution in [3.8, 4) is 34.5 Å². The van der Waals surface area contributed by atoms with Gasteiger partial charge in [-0.15, -0.1) is 0 Å². The molecule has 0 heterocycles. The molecule has 0 amide bonds. The topological polar surface area (TPSA) is 112 Å². The Bertz CT molecular complexity index is 1340. The number of esters is 2. The van der Waals surface area contributed by atoms with Crippen LogP contribution in [0, 0.1) is 5.92 Å². The van der Waals surface area contributed by atoms with Crippen LogP contribution in [0.3, 0.4) is 0 Å². The van der Waals surface area contributed by atoms with Crippen molar-refractivity contribution in [1.29, 1.82) is 0 Å². The van der Waals surface area contributed by atoms with Crippen LogP contribution in [-0.4, -0.2) is 35.4 Å². The molecule has 0 saturated heterocycles. The third-order valence-electron chi connectivity index (χ3n) is 6.54. The number of carbonyl (C=O) groups excluding carboxylic acids is 2. The second-order valence-electron chi connectivity index (χ2n) is 9.85. The quantitative estimate of drug-likeness (QED) is 0.0931. The van der Waals surface area contributed by atoms with E-state index in [0.29, 0.717) is 41.8 Å². The van der Waals surface area contributed by atoms with Gasteiger partial charge in [0, 0.05) is 0 Å². The summed E-state index contributed by atoms with van der Waals surface area (Å²) in [6.07, 6.45) is 3.83. The number of aromatic hydroxyl groups is 2. The highest BCUT2D eigenvalue weighted by molar-refractivity contribution is 5.92. The molecule has 0 fully saturated rings. The molecule has 0 bridgehead atoms. The molecule has 2 N–H and O–H groups in total. The maximum atomic E-state index is 12.3. The molecule has 8 heteroatoms. The molecule has 4 rings (SSSR count). The number of hydrogen-bond acceptors (Lipinski definition) is 8. The minimum atomic E-state index is -0.552. The van der Waals surface area contributed by atoms with Gasteiger partial charge in [-0.25, -0.2) is 9.59 Å². The Morgan fingerprint density at radius 2 is 0.976 bits per heavy atom. The monoisotopic (exact) mass is 570 g/mol. The molecule has 0 aliphatic rings. The van der Waals surface area contributed by atoms with Crippen molar-refractivity contribution < 1.29 is 38.7 Å². The number of benzene rings is 4. The van der Waals surface area contributed by atoms with Gasteiger partial charge in [0.05, 0.1) is 24.3 Å². The minimum absolute atomic E-state index is 0.0918. The van der Waals surface area contributed by atoms with Crippen molar-refractivity contribution in [2.45, 2.75) is 32.6 Å². The molecule has 0 spiro atoms. The first-order chi connectivity index (χ1) is 20.4. The summed E-state index contributed by atoms with van der Waals surface area (Å²) in [5, 5.41) is 19.5. The second-order valence-corrected chi connectivity index (χ2v) is 9.85. The highest BCUT2D eigenvalue weighted by Gasteiger charge is 2.13. The highest BCUT2D eigenvalue weighted by Crippen LogP contribution is 2.27. The fourth-order valence-corrected chi connectivity index (χ4v) is 4.17. The fraction of sp³-hybridized carbons (Fsp3) is 0.235. The van der Waals surface area contributed by atoms with Gasteiger partial charge in [-0.2, -0.15) is 0 Å². The molecule has 0 atom stereocenters. The normalized spacial score (nSPS) is 10.7. The minimum Gasteiger partial charge on any atom is -0.504 e. The second kappa shape index (κ2) is 15.1. The van der Waals surface area contributed by atoms with E-state index in [1.807, 2.05) is 0 Å². The Balaban J connectivity index is 1.08. The van der Waals surface area contributed by atoms with Crippen LogP contribution < -0.4 is 18.9 Å². The van der Waals surface area contributed by atoms with Gasteiger partial charge < -0.3 is 29.2 Å². The Morgan fingerprint density at radius 3 is 1.36 bits per heavy atom. The van der Waals surface area contributed by atoms with Crippen molar-refractivity contribution in [2.75, 3.05) is 13.2 Å². The Hall–Kier alpha value is -4.98. The molecule has 218 valence electrons. The molecule has 0 saturated carbocycles. The van der Waals surface area contributed by atoms with Crippen LogP contribution in [0.25, 0.3) is 0 Å². The number of rotatable bonds is 14. The lowest BCUT2D eigenvalue weighted by Gasteiger charge is -2.13. The van der Waals surface area contributed by atoms with Gasteiger partial charge in [-0.3, -0.25) is 0 Å². The van der Waals surface area contributed by atoms with E-state index in [2.05, 4.69) is 6.92 Å². The molecule has 0 aromatic heterocycles. The molecule has 4 aromatic rings. The molecule has 0 aliphatic carbocycles. The van der Waals surface area contributed by atoms with E-state index in [1.165, 1.54) is 24.3 Å². The maximum absolute atomic E-state index is 12.3. The van der Waals surface area contributed by atoms with E-state index in [0.717, 1.165) is 25.7 Å². The first kappa shape index (κ1) is 30.0. The summed E-state index contributed by atoms with van der Waals surface area (Å²) < 4.78 is 22.1. The van der Waals surface area contributed by atoms with Crippen molar-refractivity contribution in [3.63, 3.8) is 0 Å². The van der Waals surface area contributed by atoms with Crippen LogP contribution in [0.1, 0.15) is 53.3 Å². The number of phenolic OH excluding ortho intramolecular Hbond substituents is 2. The third-order valence-corrected chi connectivity index (χ3v) is 6.54. The lowest BCUT2D eigenvalue weighted by molar-refractivity contribution is 0.0720. The van der Waals surface area contributed by atoms with Crippen LogP contribution in [-0.2, 0) is 0 Å². The van der Waals surface area contributed by atoms with Crippen LogP contribution in [0.15, 0.2) is 97.1 Å². The van der Waals surface area contributed by atoms with E-state index >= 15 is 0 Å². The Morgan fingerprint density at radius 1 is 0.595 bits per heavy atom. The maximum Gasteiger partial charge on any atom is 0.343 e. The molecule has 0 unspecified atom stereocenters. The average Bonchev–Trinajstić information content (AvgIpc) is 3.00. The van der Waals surface area contributed by atoms with Crippen molar-refractivity contribution in [2.24, 2.45) is 5.92 Å². The zero-order valence-electron chi connectivity index (χ0n) is 23.4. The zero-order chi connectivity index (χ0) is 29.7. The highest BCUT2D eigenvalue weighted by atomic mass is 16.5. The zero-order valence-corrected chi connectivity index (χ0v) is 23.4. The number of hydrogen-bond donors (Lipinski definition) is 2. The largest absolute Gasteiger partial charge is 0.504 e. The molecular weight excluding hydrogens is 536 g/mol. The molecule has 0 aliphatic heterocycles. The third kappa shape index (κ3) is 9.02. The number of carbonyl (C=O) groups is 2. The van der Waals surface area contributed by atoms with E-state index in [1.54, 1.807) is 72.8 Å². The van der Waals surface area contributed by atoms with Crippen molar-refractivity contribution in [1.82, 2.24) is 0 Å². The van der Waals surface area contributed by atoms with Gasteiger partial charge in [0.2, 0.25) is 0 Å². The van der Waals surface area contributed by atoms with E-state index in [9.17, 15) is 19.8 Å². The summed E-state index contributed by atoms with van der Waals surface area (Å²) >= 11 is 0. The van der Waals surface area contributed by atoms with Gasteiger partial charge in [0.15, 0.2) is 23.0 Å². The fourth-order valence-electron chi connectivity index (χ4n) is 4.17. The van der Waals surface area contributed by atoms with Gasteiger partial charge >= 0.3 is 11.9 Å². The Kier molecular flexibility index (Phi) is 10.8. The van der Waals surface area contributed by atoms with Crippen LogP contribution >= 0.6 is 0 Å². The van der Waals surface area contributed by atoms with Gasteiger partial charge in [-0.05, 0) is 104 Å². The first-order valence-electron chi connectivity index (χ1n) is 13.8. The van der Waals surface area contributed by atoms with Crippen molar-refractivity contribution >= 4 is 11.9 Å². The summed E-state index contributed by atoms with van der Waals surface area (Å²) in [6.45, 7) is 3.35. The van der Waals surface area contributed by atoms with Crippen LogP contribution in [0.5, 0.6) is 34.5 Å². The number of para-hydroxylation sites is 4. The van der Waals surface area contributed by atoms with Crippen molar-refractivity contribution in [3.05, 3.63) is 108 Å². The van der Waals surface area contributed by atoms with Gasteiger partial charge in [0.1, 0.15) is 11.5 Å². The number of ether oxygens (including phenoxy) is 4. The summed E-state index contributed by atoms with van der Waals surface area (Å²) in [6, 6.07) is 26.1. The molecular formula is C34H34O8. The summed E-state index contributed by atoms with van der Waals surface area (Å²) in [5.41, 5.74) is 0.730. The number of phenols is 2. The van der Waals surface area contributed by atoms with Gasteiger partial charge in [-0.1, -0.05) is 31.2 Å². The SMILES string of the molecule is CC(CCCOc1ccc(C(=O)Oc2ccccc2O)cc1)CCCOc1ccc(C(=O)Oc2ccccc2O)cc1. The first-order valence-corrected chi connectivity index (χ1v) is 13.8. The van der Waals surface area contributed by atoms with E-state index in [-0.39, 0.29) is 23.0 Å². The lowest BCUT2D eigenvalue weighted by Crippen LogP contribution is -2.09. The molecule has 42 heavy (non-hydrogen) atoms. The predicted octanol–water partition coefficient (Wildman–Crippen LogP) is 7.19. The summed E-state index contributed by atoms with van der Waals surface area (Å²) in [4.78, 5) is 24.6. The predicted molar refractivity (Wildman–Crippen MR) is 158 cm³/mol. The molecule has 8 nitrogen and oxygen atoms in total. The molecule has 4 aromatic carbocycles. The smallest absolute Gasteiger partial charge is 0.343 e. The summed E-state index contributed by atoms with van der Waals surface area (Å²) in [7, 11) is 0. The van der Waals surface area contributed by atoms with Gasteiger partial charge in [0.25, 0.3) is 0 Å². The van der Waals surface area contributed by atoms with E-state index < -0.39 is 11.9 Å². The Labute approximate surface area is 245 Å². The van der Waals surface area contributed by atoms with Crippen LogP contribution in [0.4, 0.5) is 0 Å². The lowest BCUT2D eigenvalue weighted by atomic mass is 10.0.